The van der Waals surface area contributed by atoms with E-state index in [9.17, 15) is 24.5 Å². The zero-order valence-electron chi connectivity index (χ0n) is 15.6. The summed E-state index contributed by atoms with van der Waals surface area (Å²) in [7, 11) is 1.33. The molecular weight excluding hydrogens is 354 g/mol. The first-order valence-electron chi connectivity index (χ1n) is 8.76. The lowest BCUT2D eigenvalue weighted by Gasteiger charge is -2.21. The highest BCUT2D eigenvalue weighted by molar-refractivity contribution is 5.94. The van der Waals surface area contributed by atoms with E-state index in [0.29, 0.717) is 44.3 Å². The molecule has 9 nitrogen and oxygen atoms in total. The van der Waals surface area contributed by atoms with E-state index in [-0.39, 0.29) is 30.0 Å². The summed E-state index contributed by atoms with van der Waals surface area (Å²) < 4.78 is 4.55. The number of ether oxygens (including phenoxy) is 1. The number of carbonyl (C=O) groups excluding carboxylic acids is 3. The summed E-state index contributed by atoms with van der Waals surface area (Å²) in [4.78, 5) is 47.0. The largest absolute Gasteiger partial charge is 0.469 e. The van der Waals surface area contributed by atoms with E-state index in [2.05, 4.69) is 10.1 Å². The highest BCUT2D eigenvalue weighted by Gasteiger charge is 2.13. The minimum absolute atomic E-state index is 0.0352. The highest BCUT2D eigenvalue weighted by atomic mass is 16.6. The first kappa shape index (κ1) is 22.1. The molecule has 2 amide bonds. The van der Waals surface area contributed by atoms with Gasteiger partial charge in [0.1, 0.15) is 0 Å². The van der Waals surface area contributed by atoms with Crippen LogP contribution in [-0.4, -0.2) is 54.4 Å². The van der Waals surface area contributed by atoms with Gasteiger partial charge in [0.05, 0.1) is 12.0 Å². The number of hydrogen-bond acceptors (Lipinski definition) is 6. The number of hydrogen-bond donors (Lipinski definition) is 1. The van der Waals surface area contributed by atoms with Gasteiger partial charge in [0.2, 0.25) is 5.91 Å². The number of amides is 2. The van der Waals surface area contributed by atoms with Gasteiger partial charge in [-0.05, 0) is 31.9 Å². The molecule has 0 saturated heterocycles. The number of carbonyl (C=O) groups is 3. The van der Waals surface area contributed by atoms with Crippen molar-refractivity contribution in [3.05, 3.63) is 39.9 Å². The van der Waals surface area contributed by atoms with Crippen molar-refractivity contribution in [2.24, 2.45) is 0 Å². The fourth-order valence-corrected chi connectivity index (χ4v) is 2.41. The maximum absolute atomic E-state index is 12.2. The van der Waals surface area contributed by atoms with Crippen molar-refractivity contribution in [1.82, 2.24) is 10.2 Å². The van der Waals surface area contributed by atoms with Gasteiger partial charge in [-0.1, -0.05) is 0 Å². The maximum atomic E-state index is 12.2. The average molecular weight is 379 g/mol. The Balaban J connectivity index is 2.36. The number of rotatable bonds is 11. The SMILES string of the molecule is CCN(CCNC(=O)c1ccc([N+](=O)[O-])cc1)C(=O)CCCCC(=O)OC. The summed E-state index contributed by atoms with van der Waals surface area (Å²) in [5, 5.41) is 13.3. The van der Waals surface area contributed by atoms with Crippen LogP contribution in [0.25, 0.3) is 0 Å². The summed E-state index contributed by atoms with van der Waals surface area (Å²) in [5.74, 6) is -0.679. The molecule has 1 N–H and O–H groups in total. The minimum Gasteiger partial charge on any atom is -0.469 e. The molecule has 0 aliphatic carbocycles. The Hall–Kier alpha value is -2.97. The molecule has 9 heteroatoms. The quantitative estimate of drug-likeness (QED) is 0.271. The topological polar surface area (TPSA) is 119 Å². The Kier molecular flexibility index (Phi) is 9.49. The van der Waals surface area contributed by atoms with Gasteiger partial charge in [0.25, 0.3) is 11.6 Å². The molecule has 0 heterocycles. The predicted molar refractivity (Wildman–Crippen MR) is 98.2 cm³/mol. The Labute approximate surface area is 157 Å². The molecule has 27 heavy (non-hydrogen) atoms. The van der Waals surface area contributed by atoms with Gasteiger partial charge >= 0.3 is 5.97 Å². The Morgan fingerprint density at radius 3 is 2.33 bits per heavy atom. The van der Waals surface area contributed by atoms with Crippen molar-refractivity contribution >= 4 is 23.5 Å². The van der Waals surface area contributed by atoms with E-state index in [0.717, 1.165) is 0 Å². The van der Waals surface area contributed by atoms with Crippen molar-refractivity contribution in [3.63, 3.8) is 0 Å². The van der Waals surface area contributed by atoms with Gasteiger partial charge < -0.3 is 15.0 Å². The predicted octanol–water partition coefficient (Wildman–Crippen LogP) is 1.91. The third-order valence-electron chi connectivity index (χ3n) is 3.99. The third kappa shape index (κ3) is 7.85. The number of non-ortho nitro benzene ring substituents is 1. The van der Waals surface area contributed by atoms with Crippen LogP contribution in [0.2, 0.25) is 0 Å². The van der Waals surface area contributed by atoms with E-state index in [4.69, 9.17) is 0 Å². The Morgan fingerprint density at radius 2 is 1.78 bits per heavy atom. The van der Waals surface area contributed by atoms with Gasteiger partial charge in [-0.2, -0.15) is 0 Å². The fourth-order valence-electron chi connectivity index (χ4n) is 2.41. The molecule has 1 aromatic carbocycles. The summed E-state index contributed by atoms with van der Waals surface area (Å²) in [5.41, 5.74) is 0.235. The number of unbranched alkanes of at least 4 members (excludes halogenated alkanes) is 1. The molecule has 0 saturated carbocycles. The number of nitrogens with one attached hydrogen (secondary N) is 1. The zero-order chi connectivity index (χ0) is 20.2. The summed E-state index contributed by atoms with van der Waals surface area (Å²) >= 11 is 0. The molecule has 0 fully saturated rings. The van der Waals surface area contributed by atoms with Crippen molar-refractivity contribution in [1.29, 1.82) is 0 Å². The van der Waals surface area contributed by atoms with E-state index >= 15 is 0 Å². The molecule has 0 spiro atoms. The third-order valence-corrected chi connectivity index (χ3v) is 3.99. The first-order chi connectivity index (χ1) is 12.9. The summed E-state index contributed by atoms with van der Waals surface area (Å²) in [6.45, 7) is 3.01. The average Bonchev–Trinajstić information content (AvgIpc) is 2.67. The van der Waals surface area contributed by atoms with Crippen LogP contribution in [0.5, 0.6) is 0 Å². The van der Waals surface area contributed by atoms with Crippen LogP contribution in [0.15, 0.2) is 24.3 Å². The fraction of sp³-hybridized carbons (Fsp3) is 0.500. The van der Waals surface area contributed by atoms with Gasteiger partial charge in [-0.3, -0.25) is 24.5 Å². The number of benzene rings is 1. The lowest BCUT2D eigenvalue weighted by atomic mass is 10.2. The second-order valence-corrected chi connectivity index (χ2v) is 5.82. The molecule has 0 bridgehead atoms. The minimum atomic E-state index is -0.530. The summed E-state index contributed by atoms with van der Waals surface area (Å²) in [6.07, 6.45) is 1.81. The van der Waals surface area contributed by atoms with Crippen molar-refractivity contribution in [2.75, 3.05) is 26.7 Å². The molecular formula is C18H25N3O6. The van der Waals surface area contributed by atoms with Crippen molar-refractivity contribution in [3.8, 4) is 0 Å². The van der Waals surface area contributed by atoms with E-state index in [1.807, 2.05) is 6.92 Å². The number of nitro benzene ring substituents is 1. The lowest BCUT2D eigenvalue weighted by molar-refractivity contribution is -0.384. The van der Waals surface area contributed by atoms with Crippen molar-refractivity contribution < 1.29 is 24.0 Å². The molecule has 0 aliphatic rings. The zero-order valence-corrected chi connectivity index (χ0v) is 15.6. The molecule has 0 aromatic heterocycles. The molecule has 0 atom stereocenters. The highest BCUT2D eigenvalue weighted by Crippen LogP contribution is 2.11. The van der Waals surface area contributed by atoms with Crippen LogP contribution in [0, 0.1) is 10.1 Å². The van der Waals surface area contributed by atoms with Crippen LogP contribution < -0.4 is 5.32 Å². The monoisotopic (exact) mass is 379 g/mol. The smallest absolute Gasteiger partial charge is 0.305 e. The van der Waals surface area contributed by atoms with Crippen LogP contribution in [0.4, 0.5) is 5.69 Å². The van der Waals surface area contributed by atoms with Gasteiger partial charge in [0, 0.05) is 50.2 Å². The van der Waals surface area contributed by atoms with Crippen LogP contribution in [0.1, 0.15) is 43.0 Å². The summed E-state index contributed by atoms with van der Waals surface area (Å²) in [6, 6.07) is 5.31. The van der Waals surface area contributed by atoms with Crippen LogP contribution in [0.3, 0.4) is 0 Å². The second-order valence-electron chi connectivity index (χ2n) is 5.82. The number of likely N-dealkylation sites (N-methyl/N-ethyl adjacent to an activating group) is 1. The molecule has 0 aliphatic heterocycles. The first-order valence-corrected chi connectivity index (χ1v) is 8.76. The molecule has 148 valence electrons. The molecule has 1 aromatic rings. The number of nitro groups is 1. The molecule has 0 radical (unpaired) electrons. The number of esters is 1. The Morgan fingerprint density at radius 1 is 1.15 bits per heavy atom. The van der Waals surface area contributed by atoms with E-state index in [1.54, 1.807) is 4.90 Å². The van der Waals surface area contributed by atoms with Gasteiger partial charge in [0.15, 0.2) is 0 Å². The standard InChI is InChI=1S/C18H25N3O6/c1-3-20(16(22)6-4-5-7-17(23)27-2)13-12-19-18(24)14-8-10-15(11-9-14)21(25)26/h8-11H,3-7,12-13H2,1-2H3,(H,19,24). The lowest BCUT2D eigenvalue weighted by Crippen LogP contribution is -2.38. The number of nitrogens with zero attached hydrogens (tertiary/aromatic N) is 2. The Bertz CT molecular complexity index is 660. The number of methoxy groups -OCH3 is 1. The van der Waals surface area contributed by atoms with Gasteiger partial charge in [-0.25, -0.2) is 0 Å². The van der Waals surface area contributed by atoms with Gasteiger partial charge in [-0.15, -0.1) is 0 Å². The van der Waals surface area contributed by atoms with Crippen LogP contribution in [-0.2, 0) is 14.3 Å². The van der Waals surface area contributed by atoms with Crippen LogP contribution >= 0.6 is 0 Å². The van der Waals surface area contributed by atoms with E-state index < -0.39 is 4.92 Å². The van der Waals surface area contributed by atoms with Crippen molar-refractivity contribution in [2.45, 2.75) is 32.6 Å². The van der Waals surface area contributed by atoms with E-state index in [1.165, 1.54) is 31.4 Å². The second kappa shape index (κ2) is 11.6. The molecule has 1 rings (SSSR count). The normalized spacial score (nSPS) is 10.1. The maximum Gasteiger partial charge on any atom is 0.305 e. The molecule has 0 unspecified atom stereocenters.